The first kappa shape index (κ1) is 25.0. The van der Waals surface area contributed by atoms with E-state index in [1.54, 1.807) is 18.2 Å². The molecule has 37 heavy (non-hydrogen) atoms. The van der Waals surface area contributed by atoms with Gasteiger partial charge in [-0.1, -0.05) is 54.4 Å². The quantitative estimate of drug-likeness (QED) is 0.244. The van der Waals surface area contributed by atoms with Gasteiger partial charge in [0.15, 0.2) is 11.5 Å². The van der Waals surface area contributed by atoms with Gasteiger partial charge in [0, 0.05) is 16.8 Å². The lowest BCUT2D eigenvalue weighted by Gasteiger charge is -2.27. The lowest BCUT2D eigenvalue weighted by molar-refractivity contribution is -0.132. The van der Waals surface area contributed by atoms with Crippen molar-refractivity contribution in [1.82, 2.24) is 0 Å². The van der Waals surface area contributed by atoms with Crippen molar-refractivity contribution in [2.75, 3.05) is 25.2 Å². The molecule has 190 valence electrons. The molecule has 2 aliphatic rings. The SMILES string of the molecule is CCc1ccc(C2/C(=C(\O)c3cc(Cl)cc(Cl)c3OC)C(=O)C(=O)N2c2ccc3c(c2)OCCO3)cc1. The Morgan fingerprint density at radius 2 is 1.73 bits per heavy atom. The van der Waals surface area contributed by atoms with Crippen LogP contribution in [0.1, 0.15) is 29.7 Å². The number of amides is 1. The zero-order valence-corrected chi connectivity index (χ0v) is 21.6. The summed E-state index contributed by atoms with van der Waals surface area (Å²) in [6, 6.07) is 14.5. The van der Waals surface area contributed by atoms with E-state index in [1.165, 1.54) is 24.1 Å². The van der Waals surface area contributed by atoms with Crippen molar-refractivity contribution in [3.05, 3.63) is 86.9 Å². The number of hydrogen-bond donors (Lipinski definition) is 1. The van der Waals surface area contributed by atoms with E-state index in [-0.39, 0.29) is 26.9 Å². The highest BCUT2D eigenvalue weighted by atomic mass is 35.5. The highest BCUT2D eigenvalue weighted by molar-refractivity contribution is 6.52. The van der Waals surface area contributed by atoms with E-state index in [1.807, 2.05) is 31.2 Å². The third kappa shape index (κ3) is 4.38. The van der Waals surface area contributed by atoms with Crippen LogP contribution in [0.25, 0.3) is 5.76 Å². The number of carbonyl (C=O) groups is 2. The molecule has 0 radical (unpaired) electrons. The first-order valence-corrected chi connectivity index (χ1v) is 12.4. The third-order valence-corrected chi connectivity index (χ3v) is 6.92. The smallest absolute Gasteiger partial charge is 0.300 e. The van der Waals surface area contributed by atoms with Crippen LogP contribution in [0.5, 0.6) is 17.2 Å². The zero-order valence-electron chi connectivity index (χ0n) is 20.1. The van der Waals surface area contributed by atoms with Gasteiger partial charge < -0.3 is 19.3 Å². The zero-order chi connectivity index (χ0) is 26.3. The van der Waals surface area contributed by atoms with Gasteiger partial charge in [0.25, 0.3) is 11.7 Å². The number of anilines is 1. The van der Waals surface area contributed by atoms with Gasteiger partial charge in [-0.15, -0.1) is 0 Å². The Morgan fingerprint density at radius 1 is 1.03 bits per heavy atom. The van der Waals surface area contributed by atoms with Crippen molar-refractivity contribution in [3.8, 4) is 17.2 Å². The molecule has 2 aliphatic heterocycles. The molecule has 0 aromatic heterocycles. The van der Waals surface area contributed by atoms with Crippen LogP contribution >= 0.6 is 23.2 Å². The van der Waals surface area contributed by atoms with Crippen LogP contribution in [0.15, 0.2) is 60.2 Å². The molecule has 1 atom stereocenters. The third-order valence-electron chi connectivity index (χ3n) is 6.42. The predicted octanol–water partition coefficient (Wildman–Crippen LogP) is 5.96. The summed E-state index contributed by atoms with van der Waals surface area (Å²) in [5.41, 5.74) is 2.14. The number of halogens is 2. The minimum Gasteiger partial charge on any atom is -0.507 e. The summed E-state index contributed by atoms with van der Waals surface area (Å²) >= 11 is 12.5. The van der Waals surface area contributed by atoms with Gasteiger partial charge in [0.1, 0.15) is 24.7 Å². The number of aliphatic hydroxyl groups excluding tert-OH is 1. The van der Waals surface area contributed by atoms with Gasteiger partial charge in [-0.25, -0.2) is 0 Å². The van der Waals surface area contributed by atoms with Gasteiger partial charge >= 0.3 is 0 Å². The Morgan fingerprint density at radius 3 is 2.41 bits per heavy atom. The molecule has 9 heteroatoms. The second-order valence-corrected chi connectivity index (χ2v) is 9.40. The van der Waals surface area contributed by atoms with Crippen molar-refractivity contribution in [1.29, 1.82) is 0 Å². The van der Waals surface area contributed by atoms with Crippen LogP contribution in [0.3, 0.4) is 0 Å². The van der Waals surface area contributed by atoms with Crippen LogP contribution < -0.4 is 19.1 Å². The Labute approximate surface area is 223 Å². The summed E-state index contributed by atoms with van der Waals surface area (Å²) in [7, 11) is 1.39. The molecule has 1 amide bonds. The second kappa shape index (κ2) is 10.00. The van der Waals surface area contributed by atoms with E-state index < -0.39 is 23.5 Å². The number of fused-ring (bicyclic) bond motifs is 1. The monoisotopic (exact) mass is 539 g/mol. The largest absolute Gasteiger partial charge is 0.507 e. The van der Waals surface area contributed by atoms with Crippen molar-refractivity contribution in [2.45, 2.75) is 19.4 Å². The highest BCUT2D eigenvalue weighted by Gasteiger charge is 2.47. The Kier molecular flexibility index (Phi) is 6.75. The Bertz CT molecular complexity index is 1430. The Balaban J connectivity index is 1.73. The fraction of sp³-hybridized carbons (Fsp3) is 0.214. The fourth-order valence-electron chi connectivity index (χ4n) is 4.62. The van der Waals surface area contributed by atoms with Gasteiger partial charge in [-0.3, -0.25) is 14.5 Å². The van der Waals surface area contributed by atoms with Crippen molar-refractivity contribution >= 4 is 46.3 Å². The van der Waals surface area contributed by atoms with Crippen LogP contribution in [0, 0.1) is 0 Å². The summed E-state index contributed by atoms with van der Waals surface area (Å²) in [6.45, 7) is 2.82. The fourth-order valence-corrected chi connectivity index (χ4v) is 5.19. The van der Waals surface area contributed by atoms with Crippen molar-refractivity contribution in [2.24, 2.45) is 0 Å². The van der Waals surface area contributed by atoms with Crippen LogP contribution in [0.4, 0.5) is 5.69 Å². The van der Waals surface area contributed by atoms with Crippen molar-refractivity contribution in [3.63, 3.8) is 0 Å². The topological polar surface area (TPSA) is 85.3 Å². The molecule has 0 spiro atoms. The van der Waals surface area contributed by atoms with Gasteiger partial charge in [0.05, 0.1) is 29.3 Å². The number of methoxy groups -OCH3 is 1. The van der Waals surface area contributed by atoms with Crippen LogP contribution in [-0.4, -0.2) is 37.1 Å². The van der Waals surface area contributed by atoms with Gasteiger partial charge in [-0.2, -0.15) is 0 Å². The number of Topliss-reactive ketones (excluding diaryl/α,β-unsaturated/α-hetero) is 1. The maximum Gasteiger partial charge on any atom is 0.300 e. The summed E-state index contributed by atoms with van der Waals surface area (Å²) in [5, 5.41) is 11.9. The van der Waals surface area contributed by atoms with E-state index in [9.17, 15) is 14.7 Å². The van der Waals surface area contributed by atoms with Crippen LogP contribution in [0.2, 0.25) is 10.0 Å². The number of nitrogens with zero attached hydrogens (tertiary/aromatic N) is 1. The summed E-state index contributed by atoms with van der Waals surface area (Å²) in [4.78, 5) is 28.3. The van der Waals surface area contributed by atoms with E-state index in [0.717, 1.165) is 12.0 Å². The second-order valence-electron chi connectivity index (χ2n) is 8.56. The molecule has 1 saturated heterocycles. The molecule has 5 rings (SSSR count). The van der Waals surface area contributed by atoms with Gasteiger partial charge in [-0.05, 0) is 41.8 Å². The van der Waals surface area contributed by atoms with E-state index in [4.69, 9.17) is 37.4 Å². The molecule has 0 aliphatic carbocycles. The minimum absolute atomic E-state index is 0.107. The summed E-state index contributed by atoms with van der Waals surface area (Å²) in [5.74, 6) is -0.939. The summed E-state index contributed by atoms with van der Waals surface area (Å²) in [6.07, 6.45) is 0.820. The van der Waals surface area contributed by atoms with E-state index in [2.05, 4.69) is 0 Å². The maximum atomic E-state index is 13.5. The standard InChI is InChI=1S/C28H23Cl2NO6/c1-3-15-4-6-16(7-5-15)24-23(25(32)19-12-17(29)13-20(30)27(19)35-2)26(33)28(34)31(24)18-8-9-21-22(14-18)37-11-10-36-21/h4-9,12-14,24,32H,3,10-11H2,1-2H3/b25-23+. The van der Waals surface area contributed by atoms with Crippen LogP contribution in [-0.2, 0) is 16.0 Å². The molecule has 0 bridgehead atoms. The Hall–Kier alpha value is -3.68. The molecule has 7 nitrogen and oxygen atoms in total. The molecule has 1 fully saturated rings. The first-order chi connectivity index (χ1) is 17.8. The lowest BCUT2D eigenvalue weighted by atomic mass is 9.94. The molecular formula is C28H23Cl2NO6. The number of ketones is 1. The molecule has 3 aromatic carbocycles. The average Bonchev–Trinajstić information content (AvgIpc) is 3.17. The average molecular weight is 540 g/mol. The first-order valence-electron chi connectivity index (χ1n) is 11.7. The molecule has 3 aromatic rings. The number of carbonyl (C=O) groups excluding carboxylic acids is 2. The summed E-state index contributed by atoms with van der Waals surface area (Å²) < 4.78 is 16.7. The molecule has 1 unspecified atom stereocenters. The van der Waals surface area contributed by atoms with E-state index >= 15 is 0 Å². The number of hydrogen-bond acceptors (Lipinski definition) is 6. The van der Waals surface area contributed by atoms with E-state index in [0.29, 0.717) is 36.0 Å². The van der Waals surface area contributed by atoms with Gasteiger partial charge in [0.2, 0.25) is 0 Å². The lowest BCUT2D eigenvalue weighted by Crippen LogP contribution is -2.29. The molecule has 1 N–H and O–H groups in total. The normalized spacial score (nSPS) is 18.3. The number of ether oxygens (including phenoxy) is 3. The number of benzene rings is 3. The number of aryl methyl sites for hydroxylation is 1. The molecular weight excluding hydrogens is 517 g/mol. The minimum atomic E-state index is -0.934. The predicted molar refractivity (Wildman–Crippen MR) is 141 cm³/mol. The number of aliphatic hydroxyl groups is 1. The molecule has 2 heterocycles. The molecule has 0 saturated carbocycles. The van der Waals surface area contributed by atoms with Crippen molar-refractivity contribution < 1.29 is 28.9 Å². The maximum absolute atomic E-state index is 13.5. The highest BCUT2D eigenvalue weighted by Crippen LogP contribution is 2.46. The number of rotatable bonds is 5.